The highest BCUT2D eigenvalue weighted by atomic mass is 19.1. The summed E-state index contributed by atoms with van der Waals surface area (Å²) in [5, 5.41) is 9.46. The van der Waals surface area contributed by atoms with Gasteiger partial charge in [-0.15, -0.1) is 0 Å². The Hall–Kier alpha value is -1.73. The molecule has 1 aliphatic heterocycles. The molecule has 0 spiro atoms. The fraction of sp³-hybridized carbons (Fsp3) is 0.417. The van der Waals surface area contributed by atoms with Crippen LogP contribution in [0, 0.1) is 11.6 Å². The molecule has 0 bridgehead atoms. The Morgan fingerprint density at radius 1 is 1.47 bits per heavy atom. The van der Waals surface area contributed by atoms with Crippen LogP contribution in [0.15, 0.2) is 18.2 Å². The lowest BCUT2D eigenvalue weighted by Gasteiger charge is -2.33. The molecule has 0 aliphatic carbocycles. The zero-order valence-corrected chi connectivity index (χ0v) is 9.88. The number of hydrogen-bond donors (Lipinski definition) is 2. The Bertz CT molecular complexity index is 483. The van der Waals surface area contributed by atoms with Crippen molar-refractivity contribution in [3.05, 3.63) is 35.4 Å². The van der Waals surface area contributed by atoms with E-state index < -0.39 is 36.0 Å². The molecule has 1 saturated heterocycles. The van der Waals surface area contributed by atoms with Crippen molar-refractivity contribution < 1.29 is 28.2 Å². The number of rotatable bonds is 2. The minimum Gasteiger partial charge on any atom is -0.443 e. The van der Waals surface area contributed by atoms with Crippen LogP contribution in [0.5, 0.6) is 0 Å². The number of aliphatic hydroxyl groups excluding tert-OH is 1. The average molecular weight is 273 g/mol. The molecule has 1 aromatic rings. The molecule has 3 atom stereocenters. The van der Waals surface area contributed by atoms with Crippen molar-refractivity contribution in [2.24, 2.45) is 5.73 Å². The van der Waals surface area contributed by atoms with Gasteiger partial charge < -0.3 is 20.3 Å². The Morgan fingerprint density at radius 3 is 2.89 bits per heavy atom. The summed E-state index contributed by atoms with van der Waals surface area (Å²) in [4.78, 5) is 10.8. The summed E-state index contributed by atoms with van der Waals surface area (Å²) in [6, 6.07) is 2.90. The normalized spacial score (nSPS) is 27.0. The van der Waals surface area contributed by atoms with Crippen molar-refractivity contribution in [3.63, 3.8) is 0 Å². The van der Waals surface area contributed by atoms with Crippen LogP contribution < -0.4 is 5.73 Å². The van der Waals surface area contributed by atoms with Crippen LogP contribution in [0.2, 0.25) is 0 Å². The first-order valence-corrected chi connectivity index (χ1v) is 5.68. The number of benzene rings is 1. The van der Waals surface area contributed by atoms with E-state index in [0.29, 0.717) is 0 Å². The van der Waals surface area contributed by atoms with E-state index in [2.05, 4.69) is 0 Å². The predicted octanol–water partition coefficient (Wildman–Crippen LogP) is 1.25. The van der Waals surface area contributed by atoms with Gasteiger partial charge in [0.15, 0.2) is 0 Å². The first-order valence-electron chi connectivity index (χ1n) is 5.68. The van der Waals surface area contributed by atoms with Gasteiger partial charge in [0.25, 0.3) is 0 Å². The predicted molar refractivity (Wildman–Crippen MR) is 60.1 cm³/mol. The number of primary amides is 1. The van der Waals surface area contributed by atoms with E-state index in [0.717, 1.165) is 18.2 Å². The lowest BCUT2D eigenvalue weighted by Crippen LogP contribution is -2.40. The van der Waals surface area contributed by atoms with Crippen molar-refractivity contribution >= 4 is 6.09 Å². The van der Waals surface area contributed by atoms with E-state index in [1.54, 1.807) is 0 Å². The molecule has 19 heavy (non-hydrogen) atoms. The number of hydrogen-bond acceptors (Lipinski definition) is 4. The quantitative estimate of drug-likeness (QED) is 0.849. The SMILES string of the molecule is NC(=O)OC1CC(O)COC1c1cc(F)ccc1F. The molecule has 1 aromatic carbocycles. The van der Waals surface area contributed by atoms with Crippen LogP contribution in [0.1, 0.15) is 18.1 Å². The summed E-state index contributed by atoms with van der Waals surface area (Å²) in [6.07, 6.45) is -3.82. The van der Waals surface area contributed by atoms with Crippen LogP contribution >= 0.6 is 0 Å². The van der Waals surface area contributed by atoms with Crippen LogP contribution in [0.4, 0.5) is 13.6 Å². The van der Waals surface area contributed by atoms with Gasteiger partial charge in [0.2, 0.25) is 0 Å². The van der Waals surface area contributed by atoms with E-state index in [-0.39, 0.29) is 18.6 Å². The largest absolute Gasteiger partial charge is 0.443 e. The molecule has 3 unspecified atom stereocenters. The summed E-state index contributed by atoms with van der Waals surface area (Å²) in [5.74, 6) is -1.31. The van der Waals surface area contributed by atoms with E-state index in [9.17, 15) is 18.7 Å². The molecule has 5 nitrogen and oxygen atoms in total. The maximum atomic E-state index is 13.7. The first kappa shape index (κ1) is 13.7. The van der Waals surface area contributed by atoms with Crippen LogP contribution in [-0.2, 0) is 9.47 Å². The molecule has 0 aromatic heterocycles. The Labute approximate surface area is 107 Å². The topological polar surface area (TPSA) is 81.8 Å². The minimum atomic E-state index is -1.07. The highest BCUT2D eigenvalue weighted by Gasteiger charge is 2.36. The van der Waals surface area contributed by atoms with Gasteiger partial charge in [-0.05, 0) is 18.2 Å². The third-order valence-electron chi connectivity index (χ3n) is 2.84. The van der Waals surface area contributed by atoms with E-state index in [1.165, 1.54) is 0 Å². The zero-order valence-electron chi connectivity index (χ0n) is 9.88. The number of nitrogens with two attached hydrogens (primary N) is 1. The number of carbonyl (C=O) groups is 1. The maximum Gasteiger partial charge on any atom is 0.404 e. The lowest BCUT2D eigenvalue weighted by atomic mass is 9.96. The van der Waals surface area contributed by atoms with E-state index >= 15 is 0 Å². The first-order chi connectivity index (χ1) is 8.97. The van der Waals surface area contributed by atoms with Gasteiger partial charge in [-0.2, -0.15) is 0 Å². The average Bonchev–Trinajstić information content (AvgIpc) is 2.32. The number of aliphatic hydroxyl groups is 1. The van der Waals surface area contributed by atoms with Gasteiger partial charge in [0, 0.05) is 12.0 Å². The van der Waals surface area contributed by atoms with Gasteiger partial charge >= 0.3 is 6.09 Å². The number of amides is 1. The number of halogens is 2. The summed E-state index contributed by atoms with van der Waals surface area (Å²) >= 11 is 0. The van der Waals surface area contributed by atoms with Crippen molar-refractivity contribution in [3.8, 4) is 0 Å². The third kappa shape index (κ3) is 3.18. The van der Waals surface area contributed by atoms with Gasteiger partial charge in [-0.1, -0.05) is 0 Å². The lowest BCUT2D eigenvalue weighted by molar-refractivity contribution is -0.127. The van der Waals surface area contributed by atoms with Crippen molar-refractivity contribution in [1.82, 2.24) is 0 Å². The molecule has 104 valence electrons. The maximum absolute atomic E-state index is 13.7. The van der Waals surface area contributed by atoms with E-state index in [4.69, 9.17) is 15.2 Å². The summed E-state index contributed by atoms with van der Waals surface area (Å²) < 4.78 is 36.9. The molecule has 2 rings (SSSR count). The van der Waals surface area contributed by atoms with Crippen molar-refractivity contribution in [2.75, 3.05) is 6.61 Å². The van der Waals surface area contributed by atoms with Crippen LogP contribution in [-0.4, -0.2) is 30.0 Å². The second-order valence-corrected chi connectivity index (χ2v) is 4.28. The molecule has 1 aliphatic rings. The number of carbonyl (C=O) groups excluding carboxylic acids is 1. The van der Waals surface area contributed by atoms with Gasteiger partial charge in [0.05, 0.1) is 12.7 Å². The second-order valence-electron chi connectivity index (χ2n) is 4.28. The highest BCUT2D eigenvalue weighted by molar-refractivity contribution is 5.64. The highest BCUT2D eigenvalue weighted by Crippen LogP contribution is 2.32. The fourth-order valence-corrected chi connectivity index (χ4v) is 2.06. The Kier molecular flexibility index (Phi) is 3.96. The summed E-state index contributed by atoms with van der Waals surface area (Å²) in [6.45, 7) is -0.0563. The Morgan fingerprint density at radius 2 is 2.21 bits per heavy atom. The minimum absolute atomic E-state index is 0.0452. The van der Waals surface area contributed by atoms with Gasteiger partial charge in [-0.25, -0.2) is 13.6 Å². The molecule has 0 radical (unpaired) electrons. The molecular formula is C12H13F2NO4. The second kappa shape index (κ2) is 5.50. The molecule has 3 N–H and O–H groups in total. The van der Waals surface area contributed by atoms with Crippen LogP contribution in [0.25, 0.3) is 0 Å². The molecule has 1 fully saturated rings. The monoisotopic (exact) mass is 273 g/mol. The molecule has 7 heteroatoms. The van der Waals surface area contributed by atoms with Gasteiger partial charge in [-0.3, -0.25) is 0 Å². The number of ether oxygens (including phenoxy) is 2. The zero-order chi connectivity index (χ0) is 14.0. The van der Waals surface area contributed by atoms with E-state index in [1.807, 2.05) is 0 Å². The van der Waals surface area contributed by atoms with Crippen LogP contribution in [0.3, 0.4) is 0 Å². The summed E-state index contributed by atoms with van der Waals surface area (Å²) in [5.41, 5.74) is 4.84. The summed E-state index contributed by atoms with van der Waals surface area (Å²) in [7, 11) is 0. The molecule has 1 heterocycles. The fourth-order valence-electron chi connectivity index (χ4n) is 2.06. The molecule has 1 amide bonds. The molecular weight excluding hydrogens is 260 g/mol. The Balaban J connectivity index is 2.28. The third-order valence-corrected chi connectivity index (χ3v) is 2.84. The smallest absolute Gasteiger partial charge is 0.404 e. The van der Waals surface area contributed by atoms with Crippen molar-refractivity contribution in [2.45, 2.75) is 24.7 Å². The van der Waals surface area contributed by atoms with Gasteiger partial charge in [0.1, 0.15) is 23.8 Å². The molecule has 0 saturated carbocycles. The van der Waals surface area contributed by atoms with Crippen molar-refractivity contribution in [1.29, 1.82) is 0 Å². The standard InChI is InChI=1S/C12H13F2NO4/c13-6-1-2-9(14)8(3-6)11-10(19-12(15)17)4-7(16)5-18-11/h1-3,7,10-11,16H,4-5H2,(H2,15,17).